The van der Waals surface area contributed by atoms with Crippen LogP contribution < -0.4 is 10.2 Å². The van der Waals surface area contributed by atoms with Gasteiger partial charge in [0.25, 0.3) is 0 Å². The van der Waals surface area contributed by atoms with Crippen LogP contribution in [0.3, 0.4) is 0 Å². The van der Waals surface area contributed by atoms with Crippen LogP contribution in [0, 0.1) is 11.8 Å². The molecule has 2 heterocycles. The molecule has 144 valence electrons. The molecule has 0 aromatic carbocycles. The van der Waals surface area contributed by atoms with Crippen molar-refractivity contribution >= 4 is 11.7 Å². The molecule has 1 aliphatic heterocycles. The molecule has 2 fully saturated rings. The molecule has 1 amide bonds. The van der Waals surface area contributed by atoms with E-state index in [0.717, 1.165) is 37.3 Å². The molecule has 2 aliphatic rings. The van der Waals surface area contributed by atoms with Gasteiger partial charge in [-0.1, -0.05) is 18.9 Å². The first-order valence-corrected chi connectivity index (χ1v) is 9.50. The minimum absolute atomic E-state index is 0.0491. The molecule has 0 bridgehead atoms. The third-order valence-corrected chi connectivity index (χ3v) is 5.50. The third kappa shape index (κ3) is 4.48. The molecule has 1 N–H and O–H groups in total. The summed E-state index contributed by atoms with van der Waals surface area (Å²) in [6.07, 6.45) is 2.40. The highest BCUT2D eigenvalue weighted by molar-refractivity contribution is 5.79. The Morgan fingerprint density at radius 1 is 1.15 bits per heavy atom. The maximum absolute atomic E-state index is 13.2. The average Bonchev–Trinajstić information content (AvgIpc) is 2.66. The number of nitrogens with one attached hydrogen (secondary N) is 1. The second-order valence-corrected chi connectivity index (χ2v) is 7.29. The Hall–Kier alpha value is -1.79. The molecule has 26 heavy (non-hydrogen) atoms. The number of carbonyl (C=O) groups is 1. The number of anilines is 1. The topological polar surface area (TPSA) is 45.2 Å². The molecule has 1 aromatic rings. The highest BCUT2D eigenvalue weighted by atomic mass is 19.4. The Morgan fingerprint density at radius 2 is 1.88 bits per heavy atom. The van der Waals surface area contributed by atoms with Crippen LogP contribution in [0.25, 0.3) is 0 Å². The number of alkyl halides is 3. The van der Waals surface area contributed by atoms with Gasteiger partial charge in [0.1, 0.15) is 5.82 Å². The molecule has 1 saturated heterocycles. The van der Waals surface area contributed by atoms with Crippen LogP contribution in [0.5, 0.6) is 0 Å². The standard InChI is InChI=1S/C19H26F3N3O/c20-19(21,22)16-9-3-2-8-15(16)18(26)24-13-14-7-6-10-23-17(14)25-11-4-1-5-12-25/h6-7,10,15-16H,1-5,8-9,11-13H2,(H,24,26). The van der Waals surface area contributed by atoms with E-state index in [0.29, 0.717) is 19.3 Å². The molecule has 4 nitrogen and oxygen atoms in total. The Bertz CT molecular complexity index is 614. The zero-order valence-corrected chi connectivity index (χ0v) is 14.9. The molecule has 1 aromatic heterocycles. The molecule has 0 radical (unpaired) electrons. The predicted octanol–water partition coefficient (Wildman–Crippen LogP) is 4.06. The third-order valence-electron chi connectivity index (χ3n) is 5.50. The van der Waals surface area contributed by atoms with Crippen molar-refractivity contribution in [3.63, 3.8) is 0 Å². The zero-order chi connectivity index (χ0) is 18.6. The summed E-state index contributed by atoms with van der Waals surface area (Å²) in [6.45, 7) is 2.08. The Morgan fingerprint density at radius 3 is 2.62 bits per heavy atom. The van der Waals surface area contributed by atoms with Crippen molar-refractivity contribution in [1.29, 1.82) is 0 Å². The van der Waals surface area contributed by atoms with Crippen molar-refractivity contribution in [2.75, 3.05) is 18.0 Å². The number of pyridine rings is 1. The van der Waals surface area contributed by atoms with Crippen LogP contribution in [-0.2, 0) is 11.3 Å². The van der Waals surface area contributed by atoms with Gasteiger partial charge in [0, 0.05) is 37.3 Å². The first kappa shape index (κ1) is 19.0. The van der Waals surface area contributed by atoms with E-state index in [1.54, 1.807) is 12.3 Å². The van der Waals surface area contributed by atoms with Gasteiger partial charge in [0.05, 0.1) is 5.92 Å². The van der Waals surface area contributed by atoms with Crippen LogP contribution in [0.2, 0.25) is 0 Å². The fourth-order valence-electron chi connectivity index (χ4n) is 4.11. The molecule has 2 unspecified atom stereocenters. The van der Waals surface area contributed by atoms with E-state index in [-0.39, 0.29) is 13.0 Å². The van der Waals surface area contributed by atoms with E-state index in [1.807, 2.05) is 6.07 Å². The normalized spacial score (nSPS) is 24.3. The van der Waals surface area contributed by atoms with Crippen LogP contribution in [-0.4, -0.2) is 30.2 Å². The summed E-state index contributed by atoms with van der Waals surface area (Å²) in [5.41, 5.74) is 0.863. The second kappa shape index (κ2) is 8.27. The quantitative estimate of drug-likeness (QED) is 0.871. The Kier molecular flexibility index (Phi) is 6.04. The van der Waals surface area contributed by atoms with E-state index in [1.165, 1.54) is 6.42 Å². The van der Waals surface area contributed by atoms with E-state index < -0.39 is 23.9 Å². The van der Waals surface area contributed by atoms with Crippen molar-refractivity contribution < 1.29 is 18.0 Å². The summed E-state index contributed by atoms with van der Waals surface area (Å²) in [4.78, 5) is 19.1. The number of carbonyl (C=O) groups excluding carboxylic acids is 1. The maximum atomic E-state index is 13.2. The van der Waals surface area contributed by atoms with Crippen molar-refractivity contribution in [1.82, 2.24) is 10.3 Å². The fraction of sp³-hybridized carbons (Fsp3) is 0.684. The second-order valence-electron chi connectivity index (χ2n) is 7.29. The average molecular weight is 369 g/mol. The lowest BCUT2D eigenvalue weighted by atomic mass is 9.78. The summed E-state index contributed by atoms with van der Waals surface area (Å²) in [5, 5.41) is 2.74. The van der Waals surface area contributed by atoms with E-state index in [4.69, 9.17) is 0 Å². The minimum atomic E-state index is -4.31. The Labute approximate surface area is 152 Å². The fourth-order valence-corrected chi connectivity index (χ4v) is 4.11. The molecule has 0 spiro atoms. The lowest BCUT2D eigenvalue weighted by molar-refractivity contribution is -0.198. The van der Waals surface area contributed by atoms with Gasteiger partial charge >= 0.3 is 6.18 Å². The van der Waals surface area contributed by atoms with Crippen LogP contribution in [0.15, 0.2) is 18.3 Å². The van der Waals surface area contributed by atoms with Crippen molar-refractivity contribution in [2.45, 2.75) is 57.7 Å². The largest absolute Gasteiger partial charge is 0.392 e. The van der Waals surface area contributed by atoms with Crippen LogP contribution >= 0.6 is 0 Å². The smallest absolute Gasteiger partial charge is 0.356 e. The number of hydrogen-bond donors (Lipinski definition) is 1. The Balaban J connectivity index is 1.66. The van der Waals surface area contributed by atoms with Crippen LogP contribution in [0.4, 0.5) is 19.0 Å². The maximum Gasteiger partial charge on any atom is 0.392 e. The number of nitrogens with zero attached hydrogens (tertiary/aromatic N) is 2. The molecular weight excluding hydrogens is 343 g/mol. The van der Waals surface area contributed by atoms with E-state index >= 15 is 0 Å². The molecule has 1 aliphatic carbocycles. The highest BCUT2D eigenvalue weighted by Gasteiger charge is 2.47. The molecule has 3 rings (SSSR count). The van der Waals surface area contributed by atoms with Crippen molar-refractivity contribution in [3.05, 3.63) is 23.9 Å². The molecule has 7 heteroatoms. The lowest BCUT2D eigenvalue weighted by Gasteiger charge is -2.32. The van der Waals surface area contributed by atoms with Crippen LogP contribution in [0.1, 0.15) is 50.5 Å². The van der Waals surface area contributed by atoms with Gasteiger partial charge < -0.3 is 10.2 Å². The van der Waals surface area contributed by atoms with Gasteiger partial charge in [-0.05, 0) is 38.2 Å². The lowest BCUT2D eigenvalue weighted by Crippen LogP contribution is -2.42. The van der Waals surface area contributed by atoms with Gasteiger partial charge in [-0.3, -0.25) is 4.79 Å². The molecule has 1 saturated carbocycles. The first-order valence-electron chi connectivity index (χ1n) is 9.50. The molecular formula is C19H26F3N3O. The number of piperidine rings is 1. The van der Waals surface area contributed by atoms with E-state index in [9.17, 15) is 18.0 Å². The van der Waals surface area contributed by atoms with Gasteiger partial charge in [0.15, 0.2) is 0 Å². The first-order chi connectivity index (χ1) is 12.5. The van der Waals surface area contributed by atoms with Gasteiger partial charge in [-0.2, -0.15) is 13.2 Å². The summed E-state index contributed by atoms with van der Waals surface area (Å²) in [5.74, 6) is -2.14. The van der Waals surface area contributed by atoms with Gasteiger partial charge in [-0.15, -0.1) is 0 Å². The number of halogens is 3. The SMILES string of the molecule is O=C(NCc1cccnc1N1CCCCC1)C1CCCCC1C(F)(F)F. The summed E-state index contributed by atoms with van der Waals surface area (Å²) in [6, 6.07) is 3.69. The van der Waals surface area contributed by atoms with Crippen molar-refractivity contribution in [2.24, 2.45) is 11.8 Å². The number of hydrogen-bond acceptors (Lipinski definition) is 3. The minimum Gasteiger partial charge on any atom is -0.356 e. The van der Waals surface area contributed by atoms with Gasteiger partial charge in [0.2, 0.25) is 5.91 Å². The summed E-state index contributed by atoms with van der Waals surface area (Å²) < 4.78 is 39.7. The van der Waals surface area contributed by atoms with Gasteiger partial charge in [-0.25, -0.2) is 4.98 Å². The zero-order valence-electron chi connectivity index (χ0n) is 14.9. The van der Waals surface area contributed by atoms with E-state index in [2.05, 4.69) is 15.2 Å². The summed E-state index contributed by atoms with van der Waals surface area (Å²) >= 11 is 0. The molecule has 2 atom stereocenters. The number of amides is 1. The monoisotopic (exact) mass is 369 g/mol. The predicted molar refractivity (Wildman–Crippen MR) is 93.7 cm³/mol. The number of rotatable bonds is 4. The highest BCUT2D eigenvalue weighted by Crippen LogP contribution is 2.41. The number of aromatic nitrogens is 1. The summed E-state index contributed by atoms with van der Waals surface area (Å²) in [7, 11) is 0. The van der Waals surface area contributed by atoms with Crippen molar-refractivity contribution in [3.8, 4) is 0 Å².